The number of carbonyl (C=O) groups is 2. The summed E-state index contributed by atoms with van der Waals surface area (Å²) in [5.41, 5.74) is 6.97. The van der Waals surface area contributed by atoms with Gasteiger partial charge in [0.15, 0.2) is 0 Å². The second kappa shape index (κ2) is 8.23. The summed E-state index contributed by atoms with van der Waals surface area (Å²) in [5, 5.41) is 6.15. The van der Waals surface area contributed by atoms with Crippen molar-refractivity contribution in [3.63, 3.8) is 0 Å². The third-order valence-electron chi connectivity index (χ3n) is 5.25. The zero-order chi connectivity index (χ0) is 17.6. The molecule has 136 valence electrons. The van der Waals surface area contributed by atoms with E-state index in [0.29, 0.717) is 30.4 Å². The quantitative estimate of drug-likeness (QED) is 0.736. The number of rotatable bonds is 3. The first kappa shape index (κ1) is 17.6. The van der Waals surface area contributed by atoms with Crippen LogP contribution in [0.25, 0.3) is 0 Å². The Morgan fingerprint density at radius 3 is 2.16 bits per heavy atom. The third kappa shape index (κ3) is 4.65. The van der Waals surface area contributed by atoms with E-state index < -0.39 is 0 Å². The van der Waals surface area contributed by atoms with Crippen molar-refractivity contribution in [2.45, 2.75) is 57.0 Å². The molecule has 0 radical (unpaired) electrons. The first-order valence-electron chi connectivity index (χ1n) is 9.34. The summed E-state index contributed by atoms with van der Waals surface area (Å²) < 4.78 is 0. The lowest BCUT2D eigenvalue weighted by Crippen LogP contribution is -2.51. The number of hydrogen-bond acceptors (Lipinski definition) is 3. The van der Waals surface area contributed by atoms with E-state index in [-0.39, 0.29) is 18.0 Å². The van der Waals surface area contributed by atoms with Gasteiger partial charge in [-0.1, -0.05) is 31.4 Å². The van der Waals surface area contributed by atoms with Crippen LogP contribution in [-0.2, 0) is 0 Å². The van der Waals surface area contributed by atoms with Crippen molar-refractivity contribution in [1.82, 2.24) is 15.5 Å². The molecule has 2 aliphatic rings. The van der Waals surface area contributed by atoms with E-state index in [4.69, 9.17) is 5.73 Å². The Bertz CT molecular complexity index is 605. The van der Waals surface area contributed by atoms with Crippen LogP contribution >= 0.6 is 0 Å². The maximum atomic E-state index is 12.6. The molecule has 0 bridgehead atoms. The lowest BCUT2D eigenvalue weighted by molar-refractivity contribution is 0.0709. The molecule has 4 N–H and O–H groups in total. The average Bonchev–Trinajstić information content (AvgIpc) is 2.63. The second-order valence-corrected chi connectivity index (χ2v) is 7.11. The molecule has 6 heteroatoms. The van der Waals surface area contributed by atoms with Gasteiger partial charge in [0.2, 0.25) is 0 Å². The van der Waals surface area contributed by atoms with Crippen molar-refractivity contribution < 1.29 is 9.59 Å². The smallest absolute Gasteiger partial charge is 0.315 e. The van der Waals surface area contributed by atoms with Gasteiger partial charge in [0.05, 0.1) is 5.56 Å². The second-order valence-electron chi connectivity index (χ2n) is 7.11. The normalized spacial score (nSPS) is 19.4. The van der Waals surface area contributed by atoms with Gasteiger partial charge in [-0.05, 0) is 37.8 Å². The molecular formula is C19H28N4O2. The number of nitrogen functional groups attached to an aromatic ring is 1. The van der Waals surface area contributed by atoms with Crippen LogP contribution in [0, 0.1) is 0 Å². The number of anilines is 1. The van der Waals surface area contributed by atoms with Gasteiger partial charge in [-0.3, -0.25) is 4.79 Å². The minimum absolute atomic E-state index is 0.0248. The van der Waals surface area contributed by atoms with E-state index in [1.807, 2.05) is 17.0 Å². The van der Waals surface area contributed by atoms with Crippen LogP contribution in [0.1, 0.15) is 55.3 Å². The molecule has 6 nitrogen and oxygen atoms in total. The van der Waals surface area contributed by atoms with Gasteiger partial charge < -0.3 is 21.3 Å². The molecule has 1 saturated carbocycles. The molecular weight excluding hydrogens is 316 g/mol. The van der Waals surface area contributed by atoms with Crippen molar-refractivity contribution >= 4 is 17.6 Å². The number of carbonyl (C=O) groups excluding carboxylic acids is 2. The Labute approximate surface area is 149 Å². The van der Waals surface area contributed by atoms with Crippen molar-refractivity contribution in [2.24, 2.45) is 0 Å². The Morgan fingerprint density at radius 2 is 1.52 bits per heavy atom. The molecule has 1 saturated heterocycles. The van der Waals surface area contributed by atoms with E-state index >= 15 is 0 Å². The number of nitrogens with zero attached hydrogens (tertiary/aromatic N) is 1. The van der Waals surface area contributed by atoms with Crippen LogP contribution in [0.5, 0.6) is 0 Å². The molecule has 3 amide bonds. The first-order chi connectivity index (χ1) is 12.1. The summed E-state index contributed by atoms with van der Waals surface area (Å²) in [6, 6.07) is 7.54. The lowest BCUT2D eigenvalue weighted by atomic mass is 9.96. The minimum atomic E-state index is -0.0658. The largest absolute Gasteiger partial charge is 0.398 e. The van der Waals surface area contributed by atoms with E-state index in [1.165, 1.54) is 19.3 Å². The average molecular weight is 344 g/mol. The summed E-state index contributed by atoms with van der Waals surface area (Å²) in [4.78, 5) is 26.5. The minimum Gasteiger partial charge on any atom is -0.398 e. The number of likely N-dealkylation sites (tertiary alicyclic amines) is 1. The third-order valence-corrected chi connectivity index (χ3v) is 5.25. The molecule has 1 aliphatic heterocycles. The molecule has 0 atom stereocenters. The van der Waals surface area contributed by atoms with Crippen LogP contribution in [0.4, 0.5) is 10.5 Å². The molecule has 25 heavy (non-hydrogen) atoms. The summed E-state index contributed by atoms with van der Waals surface area (Å²) in [5.74, 6) is -0.0248. The lowest BCUT2D eigenvalue weighted by Gasteiger charge is -2.33. The van der Waals surface area contributed by atoms with Gasteiger partial charge in [-0.25, -0.2) is 4.79 Å². The van der Waals surface area contributed by atoms with Gasteiger partial charge in [0.1, 0.15) is 0 Å². The monoisotopic (exact) mass is 344 g/mol. The number of urea groups is 1. The summed E-state index contributed by atoms with van der Waals surface area (Å²) in [6.07, 6.45) is 7.39. The van der Waals surface area contributed by atoms with Gasteiger partial charge >= 0.3 is 6.03 Å². The molecule has 3 rings (SSSR count). The number of piperidine rings is 1. The number of nitrogens with one attached hydrogen (secondary N) is 2. The highest BCUT2D eigenvalue weighted by Crippen LogP contribution is 2.19. The maximum Gasteiger partial charge on any atom is 0.315 e. The van der Waals surface area contributed by atoms with Crippen molar-refractivity contribution in [1.29, 1.82) is 0 Å². The van der Waals surface area contributed by atoms with E-state index in [2.05, 4.69) is 10.6 Å². The van der Waals surface area contributed by atoms with Crippen molar-refractivity contribution in [3.8, 4) is 0 Å². The number of nitrogens with two attached hydrogens (primary N) is 1. The summed E-state index contributed by atoms with van der Waals surface area (Å²) in [6.45, 7) is 1.28. The van der Waals surface area contributed by atoms with Gasteiger partial charge in [0.25, 0.3) is 5.91 Å². The zero-order valence-corrected chi connectivity index (χ0v) is 14.7. The Kier molecular flexibility index (Phi) is 5.79. The van der Waals surface area contributed by atoms with Crippen molar-refractivity contribution in [2.75, 3.05) is 18.8 Å². The van der Waals surface area contributed by atoms with Crippen LogP contribution in [-0.4, -0.2) is 42.0 Å². The topological polar surface area (TPSA) is 87.5 Å². The number of para-hydroxylation sites is 1. The van der Waals surface area contributed by atoms with E-state index in [1.54, 1.807) is 12.1 Å². The van der Waals surface area contributed by atoms with E-state index in [0.717, 1.165) is 25.7 Å². The molecule has 1 aromatic carbocycles. The van der Waals surface area contributed by atoms with Crippen molar-refractivity contribution in [3.05, 3.63) is 29.8 Å². The highest BCUT2D eigenvalue weighted by Gasteiger charge is 2.26. The maximum absolute atomic E-state index is 12.6. The molecule has 2 fully saturated rings. The SMILES string of the molecule is Nc1ccccc1C(=O)N1CCC(NC(=O)NC2CCCCC2)CC1. The van der Waals surface area contributed by atoms with E-state index in [9.17, 15) is 9.59 Å². The molecule has 1 aliphatic carbocycles. The van der Waals surface area contributed by atoms with Crippen LogP contribution < -0.4 is 16.4 Å². The highest BCUT2D eigenvalue weighted by atomic mass is 16.2. The number of amides is 3. The van der Waals surface area contributed by atoms with Gasteiger partial charge in [-0.15, -0.1) is 0 Å². The molecule has 1 aromatic rings. The predicted molar refractivity (Wildman–Crippen MR) is 98.3 cm³/mol. The van der Waals surface area contributed by atoms with Crippen LogP contribution in [0.2, 0.25) is 0 Å². The van der Waals surface area contributed by atoms with Gasteiger partial charge in [-0.2, -0.15) is 0 Å². The fraction of sp³-hybridized carbons (Fsp3) is 0.579. The first-order valence-corrected chi connectivity index (χ1v) is 9.34. The zero-order valence-electron chi connectivity index (χ0n) is 14.7. The Balaban J connectivity index is 1.44. The highest BCUT2D eigenvalue weighted by molar-refractivity contribution is 5.99. The Hall–Kier alpha value is -2.24. The van der Waals surface area contributed by atoms with Crippen LogP contribution in [0.3, 0.4) is 0 Å². The summed E-state index contributed by atoms with van der Waals surface area (Å²) in [7, 11) is 0. The fourth-order valence-electron chi connectivity index (χ4n) is 3.75. The Morgan fingerprint density at radius 1 is 0.920 bits per heavy atom. The number of benzene rings is 1. The standard InChI is InChI=1S/C19H28N4O2/c20-17-9-5-4-8-16(17)18(24)23-12-10-15(11-13-23)22-19(25)21-14-6-2-1-3-7-14/h4-5,8-9,14-15H,1-3,6-7,10-13,20H2,(H2,21,22,25). The molecule has 0 aromatic heterocycles. The molecule has 0 spiro atoms. The number of hydrogen-bond donors (Lipinski definition) is 3. The van der Waals surface area contributed by atoms with Gasteiger partial charge in [0, 0.05) is 30.9 Å². The van der Waals surface area contributed by atoms with Crippen LogP contribution in [0.15, 0.2) is 24.3 Å². The molecule has 1 heterocycles. The fourth-order valence-corrected chi connectivity index (χ4v) is 3.75. The predicted octanol–water partition coefficient (Wildman–Crippen LogP) is 2.51. The summed E-state index contributed by atoms with van der Waals surface area (Å²) >= 11 is 0. The molecule has 0 unspecified atom stereocenters.